The van der Waals surface area contributed by atoms with E-state index in [1.807, 2.05) is 61.5 Å². The first kappa shape index (κ1) is 22.8. The van der Waals surface area contributed by atoms with Gasteiger partial charge in [0.2, 0.25) is 0 Å². The van der Waals surface area contributed by atoms with E-state index in [0.717, 1.165) is 15.6 Å². The van der Waals surface area contributed by atoms with E-state index in [4.69, 9.17) is 4.74 Å². The van der Waals surface area contributed by atoms with Crippen LogP contribution in [0.25, 0.3) is 5.76 Å². The number of carbonyl (C=O) groups excluding carboxylic acids is 2. The van der Waals surface area contributed by atoms with Crippen LogP contribution in [0, 0.1) is 0 Å². The Morgan fingerprint density at radius 1 is 1.00 bits per heavy atom. The lowest BCUT2D eigenvalue weighted by atomic mass is 9.95. The van der Waals surface area contributed by atoms with Gasteiger partial charge in [-0.3, -0.25) is 9.59 Å². The van der Waals surface area contributed by atoms with Crippen LogP contribution in [0.1, 0.15) is 29.7 Å². The summed E-state index contributed by atoms with van der Waals surface area (Å²) in [6, 6.07) is 23.5. The molecule has 33 heavy (non-hydrogen) atoms. The van der Waals surface area contributed by atoms with E-state index in [9.17, 15) is 14.7 Å². The third-order valence-corrected chi connectivity index (χ3v) is 6.16. The Morgan fingerprint density at radius 2 is 1.73 bits per heavy atom. The van der Waals surface area contributed by atoms with Gasteiger partial charge in [-0.1, -0.05) is 70.5 Å². The first-order chi connectivity index (χ1) is 16.0. The summed E-state index contributed by atoms with van der Waals surface area (Å²) in [5.74, 6) is -0.915. The quantitative estimate of drug-likeness (QED) is 0.261. The third-order valence-electron chi connectivity index (χ3n) is 5.63. The van der Waals surface area contributed by atoms with Crippen LogP contribution < -0.4 is 4.74 Å². The van der Waals surface area contributed by atoms with Crippen molar-refractivity contribution in [1.82, 2.24) is 4.90 Å². The Kier molecular flexibility index (Phi) is 6.94. The summed E-state index contributed by atoms with van der Waals surface area (Å²) in [7, 11) is 0. The molecule has 1 aliphatic heterocycles. The van der Waals surface area contributed by atoms with E-state index in [2.05, 4.69) is 15.9 Å². The fourth-order valence-corrected chi connectivity index (χ4v) is 4.32. The Labute approximate surface area is 201 Å². The molecule has 0 saturated carbocycles. The van der Waals surface area contributed by atoms with Crippen molar-refractivity contribution in [2.75, 3.05) is 13.2 Å². The van der Waals surface area contributed by atoms with Gasteiger partial charge in [0.05, 0.1) is 18.2 Å². The molecular formula is C27H24BrNO4. The molecule has 1 aliphatic rings. The zero-order valence-electron chi connectivity index (χ0n) is 18.2. The molecule has 5 nitrogen and oxygen atoms in total. The highest BCUT2D eigenvalue weighted by molar-refractivity contribution is 9.10. The second-order valence-electron chi connectivity index (χ2n) is 7.74. The summed E-state index contributed by atoms with van der Waals surface area (Å²) in [6.45, 7) is 2.70. The van der Waals surface area contributed by atoms with Crippen LogP contribution in [0.3, 0.4) is 0 Å². The predicted molar refractivity (Wildman–Crippen MR) is 131 cm³/mol. The maximum Gasteiger partial charge on any atom is 0.295 e. The SMILES string of the molecule is CCOc1cccc(C(O)=C2C(=O)C(=O)N(CCc3ccccc3)C2c2ccc(Br)cc2)c1. The molecule has 3 aromatic carbocycles. The average molecular weight is 506 g/mol. The molecule has 1 amide bonds. The van der Waals surface area contributed by atoms with Crippen LogP contribution in [-0.4, -0.2) is 34.8 Å². The number of rotatable bonds is 7. The number of likely N-dealkylation sites (tertiary alicyclic amines) is 1. The number of aliphatic hydroxyl groups excluding tert-OH is 1. The summed E-state index contributed by atoms with van der Waals surface area (Å²) in [5, 5.41) is 11.2. The van der Waals surface area contributed by atoms with Gasteiger partial charge in [-0.25, -0.2) is 0 Å². The van der Waals surface area contributed by atoms with E-state index in [-0.39, 0.29) is 11.3 Å². The van der Waals surface area contributed by atoms with Gasteiger partial charge >= 0.3 is 0 Å². The van der Waals surface area contributed by atoms with Crippen LogP contribution in [0.15, 0.2) is 88.9 Å². The lowest BCUT2D eigenvalue weighted by Gasteiger charge is -2.25. The normalized spacial score (nSPS) is 17.4. The van der Waals surface area contributed by atoms with Crippen LogP contribution >= 0.6 is 15.9 Å². The molecule has 0 spiro atoms. The molecule has 0 radical (unpaired) electrons. The minimum atomic E-state index is -0.685. The van der Waals surface area contributed by atoms with Crippen molar-refractivity contribution >= 4 is 33.4 Å². The molecule has 1 heterocycles. The van der Waals surface area contributed by atoms with Crippen molar-refractivity contribution in [2.45, 2.75) is 19.4 Å². The van der Waals surface area contributed by atoms with E-state index >= 15 is 0 Å². The van der Waals surface area contributed by atoms with Gasteiger partial charge < -0.3 is 14.7 Å². The second-order valence-corrected chi connectivity index (χ2v) is 8.66. The smallest absolute Gasteiger partial charge is 0.295 e. The van der Waals surface area contributed by atoms with Crippen molar-refractivity contribution in [3.63, 3.8) is 0 Å². The molecule has 1 atom stereocenters. The van der Waals surface area contributed by atoms with Gasteiger partial charge in [-0.15, -0.1) is 0 Å². The summed E-state index contributed by atoms with van der Waals surface area (Å²) >= 11 is 3.43. The highest BCUT2D eigenvalue weighted by Crippen LogP contribution is 2.40. The Bertz CT molecular complexity index is 1190. The van der Waals surface area contributed by atoms with Crippen LogP contribution in [0.5, 0.6) is 5.75 Å². The number of nitrogens with zero attached hydrogens (tertiary/aromatic N) is 1. The number of ketones is 1. The number of hydrogen-bond donors (Lipinski definition) is 1. The molecule has 0 aliphatic carbocycles. The monoisotopic (exact) mass is 505 g/mol. The lowest BCUT2D eigenvalue weighted by molar-refractivity contribution is -0.139. The number of ether oxygens (including phenoxy) is 1. The maximum atomic E-state index is 13.2. The van der Waals surface area contributed by atoms with Crippen LogP contribution in [0.2, 0.25) is 0 Å². The molecule has 3 aromatic rings. The van der Waals surface area contributed by atoms with Crippen LogP contribution in [-0.2, 0) is 16.0 Å². The molecule has 168 valence electrons. The predicted octanol–water partition coefficient (Wildman–Crippen LogP) is 5.51. The van der Waals surface area contributed by atoms with Crippen molar-refractivity contribution < 1.29 is 19.4 Å². The molecule has 0 aromatic heterocycles. The van der Waals surface area contributed by atoms with E-state index in [0.29, 0.717) is 30.9 Å². The number of carbonyl (C=O) groups is 2. The fraction of sp³-hybridized carbons (Fsp3) is 0.185. The second kappa shape index (κ2) is 10.0. The van der Waals surface area contributed by atoms with Gasteiger partial charge in [0.25, 0.3) is 11.7 Å². The van der Waals surface area contributed by atoms with Crippen LogP contribution in [0.4, 0.5) is 0 Å². The lowest BCUT2D eigenvalue weighted by Crippen LogP contribution is -2.31. The molecule has 1 N–H and O–H groups in total. The summed E-state index contributed by atoms with van der Waals surface area (Å²) in [4.78, 5) is 27.8. The minimum Gasteiger partial charge on any atom is -0.507 e. The zero-order chi connectivity index (χ0) is 23.4. The first-order valence-corrected chi connectivity index (χ1v) is 11.6. The summed E-state index contributed by atoms with van der Waals surface area (Å²) in [6.07, 6.45) is 0.598. The highest BCUT2D eigenvalue weighted by Gasteiger charge is 2.45. The standard InChI is InChI=1S/C27H24BrNO4/c1-2-33-22-10-6-9-20(17-22)25(30)23-24(19-11-13-21(28)14-12-19)29(27(32)26(23)31)16-15-18-7-4-3-5-8-18/h3-14,17,24,30H,2,15-16H2,1H3. The Hall–Kier alpha value is -3.38. The largest absolute Gasteiger partial charge is 0.507 e. The van der Waals surface area contributed by atoms with Crippen molar-refractivity contribution in [3.05, 3.63) is 106 Å². The molecule has 1 fully saturated rings. The first-order valence-electron chi connectivity index (χ1n) is 10.8. The summed E-state index contributed by atoms with van der Waals surface area (Å²) < 4.78 is 6.43. The number of benzene rings is 3. The number of halogens is 1. The number of hydrogen-bond acceptors (Lipinski definition) is 4. The van der Waals surface area contributed by atoms with E-state index < -0.39 is 17.7 Å². The van der Waals surface area contributed by atoms with Crippen molar-refractivity contribution in [2.24, 2.45) is 0 Å². The van der Waals surface area contributed by atoms with E-state index in [1.165, 1.54) is 0 Å². The Morgan fingerprint density at radius 3 is 2.42 bits per heavy atom. The number of aliphatic hydroxyl groups is 1. The van der Waals surface area contributed by atoms with Gasteiger partial charge in [-0.05, 0) is 48.7 Å². The average Bonchev–Trinajstić information content (AvgIpc) is 3.08. The molecule has 1 saturated heterocycles. The molecule has 1 unspecified atom stereocenters. The van der Waals surface area contributed by atoms with Gasteiger partial charge in [0, 0.05) is 16.6 Å². The topological polar surface area (TPSA) is 66.8 Å². The van der Waals surface area contributed by atoms with Crippen molar-refractivity contribution in [1.29, 1.82) is 0 Å². The van der Waals surface area contributed by atoms with Gasteiger partial charge in [0.1, 0.15) is 11.5 Å². The van der Waals surface area contributed by atoms with Crippen molar-refractivity contribution in [3.8, 4) is 5.75 Å². The Balaban J connectivity index is 1.78. The molecule has 0 bridgehead atoms. The molecule has 6 heteroatoms. The maximum absolute atomic E-state index is 13.2. The zero-order valence-corrected chi connectivity index (χ0v) is 19.8. The van der Waals surface area contributed by atoms with Gasteiger partial charge in [0.15, 0.2) is 0 Å². The van der Waals surface area contributed by atoms with Gasteiger partial charge in [-0.2, -0.15) is 0 Å². The minimum absolute atomic E-state index is 0.0871. The number of Topliss-reactive ketones (excluding diaryl/α,β-unsaturated/α-hetero) is 1. The third kappa shape index (κ3) is 4.86. The fourth-order valence-electron chi connectivity index (χ4n) is 4.05. The highest BCUT2D eigenvalue weighted by atomic mass is 79.9. The van der Waals surface area contributed by atoms with E-state index in [1.54, 1.807) is 29.2 Å². The summed E-state index contributed by atoms with van der Waals surface area (Å²) in [5.41, 5.74) is 2.35. The molecule has 4 rings (SSSR count). The molecular weight excluding hydrogens is 482 g/mol. The number of amides is 1.